The van der Waals surface area contributed by atoms with E-state index in [1.165, 1.54) is 0 Å². The van der Waals surface area contributed by atoms with E-state index in [0.29, 0.717) is 17.7 Å². The third kappa shape index (κ3) is 3.38. The van der Waals surface area contributed by atoms with E-state index in [1.807, 2.05) is 25.1 Å². The molecule has 0 saturated heterocycles. The number of benzene rings is 2. The van der Waals surface area contributed by atoms with Crippen LogP contribution in [0.25, 0.3) is 11.0 Å². The van der Waals surface area contributed by atoms with Gasteiger partial charge in [0.25, 0.3) is 5.91 Å². The quantitative estimate of drug-likeness (QED) is 0.777. The van der Waals surface area contributed by atoms with Crippen molar-refractivity contribution < 1.29 is 4.79 Å². The van der Waals surface area contributed by atoms with Gasteiger partial charge in [0.1, 0.15) is 5.82 Å². The first-order valence-electron chi connectivity index (χ1n) is 7.39. The van der Waals surface area contributed by atoms with Crippen molar-refractivity contribution in [1.82, 2.24) is 15.3 Å². The van der Waals surface area contributed by atoms with Gasteiger partial charge < -0.3 is 10.3 Å². The summed E-state index contributed by atoms with van der Waals surface area (Å²) in [6, 6.07) is 14.8. The standard InChI is InChI=1S/C18H16N4O/c1-12-21-16-6-5-13(10-17(16)22-12)7-8-20-18(23)15-4-2-3-14(9-15)11-19/h2-6,9-10H,7-8H2,1H3,(H,20,23)(H,21,22). The lowest BCUT2D eigenvalue weighted by Gasteiger charge is -2.06. The number of carbonyl (C=O) groups excluding carboxylic acids is 1. The molecule has 1 amide bonds. The van der Waals surface area contributed by atoms with Crippen LogP contribution in [0.15, 0.2) is 42.5 Å². The Balaban J connectivity index is 1.61. The molecule has 5 heteroatoms. The van der Waals surface area contributed by atoms with Gasteiger partial charge in [0.05, 0.1) is 22.7 Å². The Morgan fingerprint density at radius 2 is 2.17 bits per heavy atom. The Morgan fingerprint density at radius 1 is 1.30 bits per heavy atom. The summed E-state index contributed by atoms with van der Waals surface area (Å²) in [6.45, 7) is 2.46. The molecular weight excluding hydrogens is 288 g/mol. The van der Waals surface area contributed by atoms with Gasteiger partial charge in [-0.05, 0) is 49.2 Å². The number of nitrogens with one attached hydrogen (secondary N) is 2. The van der Waals surface area contributed by atoms with E-state index in [4.69, 9.17) is 5.26 Å². The fraction of sp³-hybridized carbons (Fsp3) is 0.167. The minimum Gasteiger partial charge on any atom is -0.352 e. The van der Waals surface area contributed by atoms with E-state index < -0.39 is 0 Å². The van der Waals surface area contributed by atoms with E-state index in [-0.39, 0.29) is 5.91 Å². The average molecular weight is 304 g/mol. The molecule has 0 atom stereocenters. The zero-order chi connectivity index (χ0) is 16.2. The summed E-state index contributed by atoms with van der Waals surface area (Å²) in [5.74, 6) is 0.725. The maximum atomic E-state index is 12.1. The normalized spacial score (nSPS) is 10.4. The maximum Gasteiger partial charge on any atom is 0.251 e. The molecule has 2 aromatic carbocycles. The van der Waals surface area contributed by atoms with Gasteiger partial charge >= 0.3 is 0 Å². The highest BCUT2D eigenvalue weighted by Crippen LogP contribution is 2.13. The summed E-state index contributed by atoms with van der Waals surface area (Å²) in [5, 5.41) is 11.7. The maximum absolute atomic E-state index is 12.1. The molecule has 2 N–H and O–H groups in total. The molecule has 3 aromatic rings. The topological polar surface area (TPSA) is 81.6 Å². The highest BCUT2D eigenvalue weighted by molar-refractivity contribution is 5.94. The summed E-state index contributed by atoms with van der Waals surface area (Å²) in [5.41, 5.74) is 4.07. The number of fused-ring (bicyclic) bond motifs is 1. The summed E-state index contributed by atoms with van der Waals surface area (Å²) in [4.78, 5) is 19.7. The lowest BCUT2D eigenvalue weighted by molar-refractivity contribution is 0.0954. The SMILES string of the molecule is Cc1nc2ccc(CCNC(=O)c3cccc(C#N)c3)cc2[nH]1. The molecule has 0 bridgehead atoms. The highest BCUT2D eigenvalue weighted by atomic mass is 16.1. The molecule has 0 unspecified atom stereocenters. The first-order valence-corrected chi connectivity index (χ1v) is 7.39. The van der Waals surface area contributed by atoms with Crippen LogP contribution in [-0.4, -0.2) is 22.4 Å². The number of hydrogen-bond acceptors (Lipinski definition) is 3. The molecule has 0 aliphatic heterocycles. The van der Waals surface area contributed by atoms with Crippen molar-refractivity contribution in [3.8, 4) is 6.07 Å². The number of nitrogens with zero attached hydrogens (tertiary/aromatic N) is 2. The van der Waals surface area contributed by atoms with Gasteiger partial charge in [-0.3, -0.25) is 4.79 Å². The predicted octanol–water partition coefficient (Wildman–Crippen LogP) is 2.72. The Labute approximate surface area is 134 Å². The van der Waals surface area contributed by atoms with Crippen molar-refractivity contribution in [1.29, 1.82) is 5.26 Å². The number of hydrogen-bond donors (Lipinski definition) is 2. The highest BCUT2D eigenvalue weighted by Gasteiger charge is 2.06. The number of amides is 1. The monoisotopic (exact) mass is 304 g/mol. The third-order valence-electron chi connectivity index (χ3n) is 3.62. The van der Waals surface area contributed by atoms with E-state index in [2.05, 4.69) is 21.4 Å². The number of aryl methyl sites for hydroxylation is 1. The third-order valence-corrected chi connectivity index (χ3v) is 3.62. The fourth-order valence-electron chi connectivity index (χ4n) is 2.49. The Morgan fingerprint density at radius 3 is 3.00 bits per heavy atom. The van der Waals surface area contributed by atoms with Crippen LogP contribution in [0.1, 0.15) is 27.3 Å². The van der Waals surface area contributed by atoms with Crippen molar-refractivity contribution in [2.24, 2.45) is 0 Å². The van der Waals surface area contributed by atoms with Gasteiger partial charge in [0.15, 0.2) is 0 Å². The Hall–Kier alpha value is -3.13. The smallest absolute Gasteiger partial charge is 0.251 e. The summed E-state index contributed by atoms with van der Waals surface area (Å²) in [7, 11) is 0. The second kappa shape index (κ2) is 6.32. The van der Waals surface area contributed by atoms with Gasteiger partial charge in [-0.15, -0.1) is 0 Å². The number of nitriles is 1. The summed E-state index contributed by atoms with van der Waals surface area (Å²) >= 11 is 0. The van der Waals surface area contributed by atoms with Crippen molar-refractivity contribution >= 4 is 16.9 Å². The van der Waals surface area contributed by atoms with Gasteiger partial charge in [0, 0.05) is 12.1 Å². The molecule has 0 radical (unpaired) electrons. The van der Waals surface area contributed by atoms with Crippen molar-refractivity contribution in [3.05, 3.63) is 65.0 Å². The average Bonchev–Trinajstić information content (AvgIpc) is 2.94. The molecule has 0 aliphatic rings. The van der Waals surface area contributed by atoms with Crippen molar-refractivity contribution in [3.63, 3.8) is 0 Å². The number of carbonyl (C=O) groups is 1. The van der Waals surface area contributed by atoms with E-state index in [0.717, 1.165) is 28.8 Å². The minimum absolute atomic E-state index is 0.166. The number of aromatic nitrogens is 2. The Bertz CT molecular complexity index is 905. The molecule has 3 rings (SSSR count). The van der Waals surface area contributed by atoms with Crippen LogP contribution in [-0.2, 0) is 6.42 Å². The van der Waals surface area contributed by atoms with Gasteiger partial charge in [-0.1, -0.05) is 12.1 Å². The lowest BCUT2D eigenvalue weighted by Crippen LogP contribution is -2.25. The zero-order valence-electron chi connectivity index (χ0n) is 12.8. The molecule has 0 saturated carbocycles. The number of imidazole rings is 1. The number of aromatic amines is 1. The van der Waals surface area contributed by atoms with Crippen molar-refractivity contribution in [2.75, 3.05) is 6.54 Å². The van der Waals surface area contributed by atoms with Crippen LogP contribution in [0.4, 0.5) is 0 Å². The van der Waals surface area contributed by atoms with E-state index >= 15 is 0 Å². The van der Waals surface area contributed by atoms with Gasteiger partial charge in [0.2, 0.25) is 0 Å². The molecule has 1 heterocycles. The van der Waals surface area contributed by atoms with Crippen LogP contribution in [0, 0.1) is 18.3 Å². The first-order chi connectivity index (χ1) is 11.2. The van der Waals surface area contributed by atoms with Gasteiger partial charge in [-0.2, -0.15) is 5.26 Å². The second-order valence-corrected chi connectivity index (χ2v) is 5.37. The summed E-state index contributed by atoms with van der Waals surface area (Å²) < 4.78 is 0. The van der Waals surface area contributed by atoms with Gasteiger partial charge in [-0.25, -0.2) is 4.98 Å². The number of H-pyrrole nitrogens is 1. The largest absolute Gasteiger partial charge is 0.352 e. The second-order valence-electron chi connectivity index (χ2n) is 5.37. The molecule has 23 heavy (non-hydrogen) atoms. The van der Waals surface area contributed by atoms with E-state index in [1.54, 1.807) is 24.3 Å². The molecule has 0 fully saturated rings. The van der Waals surface area contributed by atoms with Crippen LogP contribution in [0.5, 0.6) is 0 Å². The van der Waals surface area contributed by atoms with Crippen LogP contribution in [0.3, 0.4) is 0 Å². The fourth-order valence-corrected chi connectivity index (χ4v) is 2.49. The molecule has 0 aliphatic carbocycles. The van der Waals surface area contributed by atoms with Crippen molar-refractivity contribution in [2.45, 2.75) is 13.3 Å². The summed E-state index contributed by atoms with van der Waals surface area (Å²) in [6.07, 6.45) is 0.734. The van der Waals surface area contributed by atoms with Crippen LogP contribution >= 0.6 is 0 Å². The van der Waals surface area contributed by atoms with Crippen LogP contribution < -0.4 is 5.32 Å². The number of rotatable bonds is 4. The zero-order valence-corrected chi connectivity index (χ0v) is 12.8. The molecule has 1 aromatic heterocycles. The Kier molecular flexibility index (Phi) is 4.07. The first kappa shape index (κ1) is 14.8. The molecule has 0 spiro atoms. The predicted molar refractivity (Wildman–Crippen MR) is 88.0 cm³/mol. The van der Waals surface area contributed by atoms with Crippen LogP contribution in [0.2, 0.25) is 0 Å². The lowest BCUT2D eigenvalue weighted by atomic mass is 10.1. The van der Waals surface area contributed by atoms with E-state index in [9.17, 15) is 4.79 Å². The molecular formula is C18H16N4O. The molecule has 5 nitrogen and oxygen atoms in total. The molecule has 114 valence electrons. The minimum atomic E-state index is -0.166.